The highest BCUT2D eigenvalue weighted by Gasteiger charge is 2.38. The molecule has 0 aliphatic carbocycles. The lowest BCUT2D eigenvalue weighted by molar-refractivity contribution is -0.174. The molecule has 0 spiro atoms. The van der Waals surface area contributed by atoms with Crippen LogP contribution in [0.2, 0.25) is 0 Å². The maximum Gasteiger partial charge on any atom is 0.336 e. The zero-order chi connectivity index (χ0) is 9.14. The first-order valence-electron chi connectivity index (χ1n) is 3.60. The Morgan fingerprint density at radius 2 is 2.50 bits per heavy atom. The lowest BCUT2D eigenvalue weighted by Gasteiger charge is -2.09. The highest BCUT2D eigenvalue weighted by atomic mass is 16.7. The van der Waals surface area contributed by atoms with E-state index in [2.05, 4.69) is 4.74 Å². The molecule has 1 heterocycles. The second kappa shape index (κ2) is 3.52. The molecule has 1 aliphatic rings. The molecule has 5 heteroatoms. The van der Waals surface area contributed by atoms with Gasteiger partial charge in [-0.15, -0.1) is 0 Å². The Kier molecular flexibility index (Phi) is 2.63. The average Bonchev–Trinajstić information content (AvgIpc) is 2.81. The molecule has 1 fully saturated rings. The van der Waals surface area contributed by atoms with Crippen LogP contribution < -0.4 is 0 Å². The van der Waals surface area contributed by atoms with Gasteiger partial charge in [0.05, 0.1) is 19.7 Å². The fourth-order valence-corrected chi connectivity index (χ4v) is 0.757. The summed E-state index contributed by atoms with van der Waals surface area (Å²) in [6, 6.07) is 1.80. The standard InChI is InChI=1S/C7H10N2O3/c1-5(7(10)11-2)12-9-4-6(9)3-8/h5-6H,4H2,1-2H3. The van der Waals surface area contributed by atoms with E-state index in [1.54, 1.807) is 6.92 Å². The van der Waals surface area contributed by atoms with Crippen LogP contribution >= 0.6 is 0 Å². The minimum atomic E-state index is -0.631. The van der Waals surface area contributed by atoms with E-state index in [4.69, 9.17) is 10.1 Å². The lowest BCUT2D eigenvalue weighted by atomic mass is 10.4. The monoisotopic (exact) mass is 170 g/mol. The second-order valence-electron chi connectivity index (χ2n) is 2.52. The zero-order valence-electron chi connectivity index (χ0n) is 6.98. The van der Waals surface area contributed by atoms with Crippen LogP contribution in [-0.2, 0) is 14.4 Å². The van der Waals surface area contributed by atoms with Crippen molar-refractivity contribution in [3.63, 3.8) is 0 Å². The molecule has 0 amide bonds. The fourth-order valence-electron chi connectivity index (χ4n) is 0.757. The summed E-state index contributed by atoms with van der Waals surface area (Å²) in [4.78, 5) is 15.9. The Morgan fingerprint density at radius 1 is 1.83 bits per heavy atom. The largest absolute Gasteiger partial charge is 0.467 e. The quantitative estimate of drug-likeness (QED) is 0.429. The normalized spacial score (nSPS) is 28.8. The van der Waals surface area contributed by atoms with Gasteiger partial charge in [-0.3, -0.25) is 4.84 Å². The first-order chi connectivity index (χ1) is 5.69. The van der Waals surface area contributed by atoms with Gasteiger partial charge < -0.3 is 4.74 Å². The number of hydroxylamine groups is 2. The molecule has 0 radical (unpaired) electrons. The molecule has 0 aromatic heterocycles. The Hall–Kier alpha value is -1.12. The molecule has 0 aromatic rings. The van der Waals surface area contributed by atoms with Crippen LogP contribution in [0.15, 0.2) is 0 Å². The van der Waals surface area contributed by atoms with Gasteiger partial charge in [-0.05, 0) is 6.92 Å². The number of hydrogen-bond acceptors (Lipinski definition) is 5. The van der Waals surface area contributed by atoms with Gasteiger partial charge in [0.2, 0.25) is 0 Å². The maximum absolute atomic E-state index is 10.8. The van der Waals surface area contributed by atoms with E-state index in [9.17, 15) is 4.79 Å². The van der Waals surface area contributed by atoms with Crippen molar-refractivity contribution < 1.29 is 14.4 Å². The minimum absolute atomic E-state index is 0.197. The summed E-state index contributed by atoms with van der Waals surface area (Å²) < 4.78 is 4.44. The molecule has 1 rings (SSSR count). The number of hydrogen-bond donors (Lipinski definition) is 0. The van der Waals surface area contributed by atoms with Crippen LogP contribution in [0.25, 0.3) is 0 Å². The molecule has 12 heavy (non-hydrogen) atoms. The highest BCUT2D eigenvalue weighted by molar-refractivity contribution is 5.73. The number of rotatable bonds is 3. The zero-order valence-corrected chi connectivity index (χ0v) is 6.98. The third kappa shape index (κ3) is 1.94. The molecule has 66 valence electrons. The van der Waals surface area contributed by atoms with Crippen molar-refractivity contribution in [1.29, 1.82) is 5.26 Å². The summed E-state index contributed by atoms with van der Waals surface area (Å²) >= 11 is 0. The van der Waals surface area contributed by atoms with Crippen LogP contribution in [0.1, 0.15) is 6.92 Å². The molecule has 1 saturated heterocycles. The molecule has 0 N–H and O–H groups in total. The van der Waals surface area contributed by atoms with Crippen LogP contribution in [0.3, 0.4) is 0 Å². The van der Waals surface area contributed by atoms with Gasteiger partial charge >= 0.3 is 5.97 Å². The van der Waals surface area contributed by atoms with Crippen LogP contribution in [0, 0.1) is 11.3 Å². The van der Waals surface area contributed by atoms with Gasteiger partial charge in [-0.25, -0.2) is 4.79 Å². The van der Waals surface area contributed by atoms with E-state index in [1.807, 2.05) is 6.07 Å². The summed E-state index contributed by atoms with van der Waals surface area (Å²) in [7, 11) is 1.30. The van der Waals surface area contributed by atoms with Crippen molar-refractivity contribution in [2.24, 2.45) is 0 Å². The number of carbonyl (C=O) groups excluding carboxylic acids is 1. The predicted octanol–water partition coefficient (Wildman–Crippen LogP) is -0.313. The van der Waals surface area contributed by atoms with E-state index >= 15 is 0 Å². The van der Waals surface area contributed by atoms with Gasteiger partial charge in [0, 0.05) is 0 Å². The van der Waals surface area contributed by atoms with E-state index in [0.717, 1.165) is 0 Å². The van der Waals surface area contributed by atoms with Crippen molar-refractivity contribution in [2.75, 3.05) is 13.7 Å². The van der Waals surface area contributed by atoms with Gasteiger partial charge in [-0.1, -0.05) is 0 Å². The highest BCUT2D eigenvalue weighted by Crippen LogP contribution is 2.18. The third-order valence-electron chi connectivity index (χ3n) is 1.54. The molecule has 3 unspecified atom stereocenters. The topological polar surface area (TPSA) is 62.3 Å². The lowest BCUT2D eigenvalue weighted by Crippen LogP contribution is -2.25. The minimum Gasteiger partial charge on any atom is -0.467 e. The number of carbonyl (C=O) groups is 1. The van der Waals surface area contributed by atoms with Gasteiger partial charge in [0.1, 0.15) is 6.04 Å². The fraction of sp³-hybridized carbons (Fsp3) is 0.714. The molecule has 5 nitrogen and oxygen atoms in total. The van der Waals surface area contributed by atoms with E-state index in [-0.39, 0.29) is 6.04 Å². The SMILES string of the molecule is COC(=O)C(C)ON1CC1C#N. The van der Waals surface area contributed by atoms with Gasteiger partial charge in [0.25, 0.3) is 0 Å². The predicted molar refractivity (Wildman–Crippen MR) is 38.7 cm³/mol. The van der Waals surface area contributed by atoms with Crippen LogP contribution in [0.4, 0.5) is 0 Å². The number of nitrogens with zero attached hydrogens (tertiary/aromatic N) is 2. The summed E-state index contributed by atoms with van der Waals surface area (Å²) in [5, 5.41) is 9.84. The van der Waals surface area contributed by atoms with E-state index in [0.29, 0.717) is 6.54 Å². The third-order valence-corrected chi connectivity index (χ3v) is 1.54. The van der Waals surface area contributed by atoms with Crippen molar-refractivity contribution in [2.45, 2.75) is 19.1 Å². The number of nitriles is 1. The summed E-state index contributed by atoms with van der Waals surface area (Å²) in [5.41, 5.74) is 0. The van der Waals surface area contributed by atoms with Crippen molar-refractivity contribution >= 4 is 5.97 Å². The molecule has 0 bridgehead atoms. The smallest absolute Gasteiger partial charge is 0.336 e. The van der Waals surface area contributed by atoms with Crippen molar-refractivity contribution in [3.8, 4) is 6.07 Å². The number of ether oxygens (including phenoxy) is 1. The summed E-state index contributed by atoms with van der Waals surface area (Å²) in [5.74, 6) is -0.432. The first-order valence-corrected chi connectivity index (χ1v) is 3.60. The Bertz CT molecular complexity index is 223. The first kappa shape index (κ1) is 8.97. The van der Waals surface area contributed by atoms with Crippen LogP contribution in [0.5, 0.6) is 0 Å². The molecule has 1 aliphatic heterocycles. The molecular weight excluding hydrogens is 160 g/mol. The maximum atomic E-state index is 10.8. The molecule has 3 atom stereocenters. The Morgan fingerprint density at radius 3 is 2.92 bits per heavy atom. The van der Waals surface area contributed by atoms with Gasteiger partial charge in [-0.2, -0.15) is 10.3 Å². The molecular formula is C7H10N2O3. The number of esters is 1. The Labute approximate surface area is 70.4 Å². The molecule has 0 aromatic carbocycles. The second-order valence-corrected chi connectivity index (χ2v) is 2.52. The van der Waals surface area contributed by atoms with Gasteiger partial charge in [0.15, 0.2) is 6.10 Å². The van der Waals surface area contributed by atoms with Crippen LogP contribution in [-0.4, -0.2) is 36.8 Å². The van der Waals surface area contributed by atoms with Crippen molar-refractivity contribution in [1.82, 2.24) is 5.06 Å². The Balaban J connectivity index is 2.25. The molecule has 0 saturated carbocycles. The van der Waals surface area contributed by atoms with E-state index < -0.39 is 12.1 Å². The summed E-state index contributed by atoms with van der Waals surface area (Å²) in [6.07, 6.45) is -0.631. The van der Waals surface area contributed by atoms with Crippen molar-refractivity contribution in [3.05, 3.63) is 0 Å². The average molecular weight is 170 g/mol. The summed E-state index contributed by atoms with van der Waals surface area (Å²) in [6.45, 7) is 2.15. The number of methoxy groups -OCH3 is 1. The van der Waals surface area contributed by atoms with E-state index in [1.165, 1.54) is 12.2 Å².